The molecule has 0 bridgehead atoms. The summed E-state index contributed by atoms with van der Waals surface area (Å²) in [5.41, 5.74) is 2.42. The van der Waals surface area contributed by atoms with Gasteiger partial charge >= 0.3 is 0 Å². The van der Waals surface area contributed by atoms with Crippen LogP contribution >= 0.6 is 0 Å². The van der Waals surface area contributed by atoms with E-state index in [-0.39, 0.29) is 0 Å². The van der Waals surface area contributed by atoms with Crippen molar-refractivity contribution in [3.05, 3.63) is 23.4 Å². The lowest BCUT2D eigenvalue weighted by molar-refractivity contribution is 0.393. The lowest BCUT2D eigenvalue weighted by Gasteiger charge is -2.23. The summed E-state index contributed by atoms with van der Waals surface area (Å²) in [7, 11) is 1.67. The van der Waals surface area contributed by atoms with Crippen molar-refractivity contribution in [1.29, 1.82) is 0 Å². The van der Waals surface area contributed by atoms with Gasteiger partial charge in [-0.1, -0.05) is 0 Å². The molecule has 1 N–H and O–H groups in total. The molecule has 0 saturated carbocycles. The molecule has 1 fully saturated rings. The fourth-order valence-electron chi connectivity index (χ4n) is 2.16. The molecule has 1 aliphatic rings. The van der Waals surface area contributed by atoms with E-state index in [1.165, 1.54) is 18.4 Å². The first kappa shape index (κ1) is 10.4. The second kappa shape index (κ2) is 4.62. The third-order valence-electron chi connectivity index (χ3n) is 2.97. The number of hydrogen-bond donors (Lipinski definition) is 1. The Labute approximate surface area is 90.9 Å². The Kier molecular flexibility index (Phi) is 3.21. The highest BCUT2D eigenvalue weighted by atomic mass is 16.5. The number of nitrogens with zero attached hydrogens (tertiary/aromatic N) is 1. The number of piperidine rings is 1. The molecule has 2 heterocycles. The molecule has 0 atom stereocenters. The average molecular weight is 206 g/mol. The highest BCUT2D eigenvalue weighted by Gasteiger charge is 2.16. The summed E-state index contributed by atoms with van der Waals surface area (Å²) in [4.78, 5) is 4.31. The third kappa shape index (κ3) is 2.48. The van der Waals surface area contributed by atoms with Crippen LogP contribution in [0.3, 0.4) is 0 Å². The van der Waals surface area contributed by atoms with Gasteiger partial charge in [-0.05, 0) is 50.4 Å². The number of methoxy groups -OCH3 is 1. The van der Waals surface area contributed by atoms with Crippen molar-refractivity contribution in [1.82, 2.24) is 10.3 Å². The largest absolute Gasteiger partial charge is 0.481 e. The van der Waals surface area contributed by atoms with Crippen molar-refractivity contribution >= 4 is 0 Å². The van der Waals surface area contributed by atoms with Crippen molar-refractivity contribution in [2.45, 2.75) is 25.7 Å². The van der Waals surface area contributed by atoms with Crippen LogP contribution in [0.5, 0.6) is 5.88 Å². The van der Waals surface area contributed by atoms with Crippen LogP contribution in [0.2, 0.25) is 0 Å². The Morgan fingerprint density at radius 2 is 2.07 bits per heavy atom. The van der Waals surface area contributed by atoms with Crippen molar-refractivity contribution in [3.8, 4) is 5.88 Å². The van der Waals surface area contributed by atoms with Crippen LogP contribution in [0.1, 0.15) is 30.0 Å². The molecule has 1 aromatic rings. The fourth-order valence-corrected chi connectivity index (χ4v) is 2.16. The van der Waals surface area contributed by atoms with Gasteiger partial charge in [0.15, 0.2) is 0 Å². The molecule has 0 aromatic carbocycles. The van der Waals surface area contributed by atoms with Gasteiger partial charge in [-0.2, -0.15) is 0 Å². The van der Waals surface area contributed by atoms with Gasteiger partial charge < -0.3 is 10.1 Å². The lowest BCUT2D eigenvalue weighted by Crippen LogP contribution is -2.26. The van der Waals surface area contributed by atoms with Crippen LogP contribution in [-0.4, -0.2) is 25.2 Å². The Hall–Kier alpha value is -1.09. The predicted octanol–water partition coefficient (Wildman–Crippen LogP) is 1.87. The van der Waals surface area contributed by atoms with E-state index in [9.17, 15) is 0 Å². The number of rotatable bonds is 2. The van der Waals surface area contributed by atoms with E-state index in [2.05, 4.69) is 22.4 Å². The standard InChI is InChI=1S/C12H18N2O/c1-9-7-11(8-12(14-9)15-2)10-3-5-13-6-4-10/h7-8,10,13H,3-6H2,1-2H3. The van der Waals surface area contributed by atoms with E-state index in [1.807, 2.05) is 6.92 Å². The molecular weight excluding hydrogens is 188 g/mol. The molecule has 1 saturated heterocycles. The van der Waals surface area contributed by atoms with Gasteiger partial charge in [-0.25, -0.2) is 4.98 Å². The van der Waals surface area contributed by atoms with Crippen molar-refractivity contribution in [3.63, 3.8) is 0 Å². The minimum Gasteiger partial charge on any atom is -0.481 e. The summed E-state index contributed by atoms with van der Waals surface area (Å²) in [6.07, 6.45) is 2.43. The Morgan fingerprint density at radius 3 is 2.73 bits per heavy atom. The molecule has 3 nitrogen and oxygen atoms in total. The maximum atomic E-state index is 5.20. The highest BCUT2D eigenvalue weighted by Crippen LogP contribution is 2.27. The van der Waals surface area contributed by atoms with Gasteiger partial charge in [-0.15, -0.1) is 0 Å². The van der Waals surface area contributed by atoms with Gasteiger partial charge in [-0.3, -0.25) is 0 Å². The van der Waals surface area contributed by atoms with Gasteiger partial charge in [0, 0.05) is 11.8 Å². The molecule has 15 heavy (non-hydrogen) atoms. The molecule has 1 aliphatic heterocycles. The van der Waals surface area contributed by atoms with Crippen LogP contribution in [0, 0.1) is 6.92 Å². The summed E-state index contributed by atoms with van der Waals surface area (Å²) in [5, 5.41) is 3.38. The summed E-state index contributed by atoms with van der Waals surface area (Å²) >= 11 is 0. The molecule has 82 valence electrons. The first-order valence-corrected chi connectivity index (χ1v) is 5.53. The number of nitrogens with one attached hydrogen (secondary N) is 1. The number of pyridine rings is 1. The predicted molar refractivity (Wildman–Crippen MR) is 60.4 cm³/mol. The maximum Gasteiger partial charge on any atom is 0.213 e. The topological polar surface area (TPSA) is 34.1 Å². The van der Waals surface area contributed by atoms with Crippen LogP contribution in [0.25, 0.3) is 0 Å². The van der Waals surface area contributed by atoms with Crippen LogP contribution < -0.4 is 10.1 Å². The molecule has 0 radical (unpaired) electrons. The minimum atomic E-state index is 0.668. The van der Waals surface area contributed by atoms with Gasteiger partial charge in [0.05, 0.1) is 7.11 Å². The molecule has 3 heteroatoms. The van der Waals surface area contributed by atoms with E-state index in [4.69, 9.17) is 4.74 Å². The van der Waals surface area contributed by atoms with E-state index >= 15 is 0 Å². The lowest BCUT2D eigenvalue weighted by atomic mass is 9.90. The zero-order valence-electron chi connectivity index (χ0n) is 9.42. The normalized spacial score (nSPS) is 17.7. The van der Waals surface area contributed by atoms with Crippen molar-refractivity contribution < 1.29 is 4.74 Å². The highest BCUT2D eigenvalue weighted by molar-refractivity contribution is 5.28. The molecule has 0 amide bonds. The molecule has 2 rings (SSSR count). The van der Waals surface area contributed by atoms with Gasteiger partial charge in [0.2, 0.25) is 5.88 Å². The molecular formula is C12H18N2O. The van der Waals surface area contributed by atoms with Crippen molar-refractivity contribution in [2.75, 3.05) is 20.2 Å². The second-order valence-corrected chi connectivity index (χ2v) is 4.11. The maximum absolute atomic E-state index is 5.20. The zero-order valence-corrected chi connectivity index (χ0v) is 9.42. The first-order chi connectivity index (χ1) is 7.29. The fraction of sp³-hybridized carbons (Fsp3) is 0.583. The Morgan fingerprint density at radius 1 is 1.33 bits per heavy atom. The van der Waals surface area contributed by atoms with E-state index in [0.717, 1.165) is 24.7 Å². The van der Waals surface area contributed by atoms with Crippen LogP contribution in [-0.2, 0) is 0 Å². The number of hydrogen-bond acceptors (Lipinski definition) is 3. The first-order valence-electron chi connectivity index (χ1n) is 5.53. The monoisotopic (exact) mass is 206 g/mol. The number of aromatic nitrogens is 1. The van der Waals surface area contributed by atoms with Gasteiger partial charge in [0.25, 0.3) is 0 Å². The molecule has 1 aromatic heterocycles. The second-order valence-electron chi connectivity index (χ2n) is 4.11. The summed E-state index contributed by atoms with van der Waals surface area (Å²) in [6.45, 7) is 4.26. The summed E-state index contributed by atoms with van der Waals surface area (Å²) in [6, 6.07) is 4.25. The average Bonchev–Trinajstić information content (AvgIpc) is 2.29. The quantitative estimate of drug-likeness (QED) is 0.802. The Balaban J connectivity index is 2.22. The van der Waals surface area contributed by atoms with Crippen LogP contribution in [0.4, 0.5) is 0 Å². The Bertz CT molecular complexity index is 332. The molecule has 0 aliphatic carbocycles. The van der Waals surface area contributed by atoms with E-state index < -0.39 is 0 Å². The SMILES string of the molecule is COc1cc(C2CCNCC2)cc(C)n1. The molecule has 0 unspecified atom stereocenters. The summed E-state index contributed by atoms with van der Waals surface area (Å²) < 4.78 is 5.20. The van der Waals surface area contributed by atoms with E-state index in [1.54, 1.807) is 7.11 Å². The van der Waals surface area contributed by atoms with E-state index in [0.29, 0.717) is 5.92 Å². The van der Waals surface area contributed by atoms with Gasteiger partial charge in [0.1, 0.15) is 0 Å². The summed E-state index contributed by atoms with van der Waals surface area (Å²) in [5.74, 6) is 1.41. The van der Waals surface area contributed by atoms with Crippen LogP contribution in [0.15, 0.2) is 12.1 Å². The minimum absolute atomic E-state index is 0.668. The zero-order chi connectivity index (χ0) is 10.7. The molecule has 0 spiro atoms. The third-order valence-corrected chi connectivity index (χ3v) is 2.97. The number of aryl methyl sites for hydroxylation is 1. The number of ether oxygens (including phenoxy) is 1. The van der Waals surface area contributed by atoms with Crippen molar-refractivity contribution in [2.24, 2.45) is 0 Å². The smallest absolute Gasteiger partial charge is 0.213 e.